The lowest BCUT2D eigenvalue weighted by Crippen LogP contribution is -2.47. The van der Waals surface area contributed by atoms with E-state index in [1.807, 2.05) is 19.1 Å². The molecule has 126 valence electrons. The standard InChI is InChI=1S/C17H24N2O3S/c1-13-2-3-15(23-13)16(20)19-8-14-9-22-12-17(14,11-19)10-18-4-6-21-7-5-18/h2-3,14H,4-12H2,1H3/t14-,17-/m1/s1. The van der Waals surface area contributed by atoms with Gasteiger partial charge in [0.2, 0.25) is 0 Å². The van der Waals surface area contributed by atoms with E-state index in [9.17, 15) is 4.79 Å². The predicted molar refractivity (Wildman–Crippen MR) is 89.0 cm³/mol. The van der Waals surface area contributed by atoms with E-state index in [1.165, 1.54) is 4.88 Å². The first-order valence-electron chi connectivity index (χ1n) is 8.40. The molecule has 0 aliphatic carbocycles. The van der Waals surface area contributed by atoms with Gasteiger partial charge in [-0.25, -0.2) is 0 Å². The number of thiophene rings is 1. The summed E-state index contributed by atoms with van der Waals surface area (Å²) in [5.41, 5.74) is 0.110. The van der Waals surface area contributed by atoms with Gasteiger partial charge >= 0.3 is 0 Å². The number of rotatable bonds is 3. The van der Waals surface area contributed by atoms with E-state index in [2.05, 4.69) is 9.80 Å². The topological polar surface area (TPSA) is 42.0 Å². The SMILES string of the molecule is Cc1ccc(C(=O)N2C[C@@H]3COC[C@@]3(CN3CCOCC3)C2)s1. The van der Waals surface area contributed by atoms with E-state index in [-0.39, 0.29) is 11.3 Å². The third kappa shape index (κ3) is 2.93. The number of hydrogen-bond donors (Lipinski definition) is 0. The van der Waals surface area contributed by atoms with Crippen molar-refractivity contribution in [3.8, 4) is 0 Å². The van der Waals surface area contributed by atoms with Crippen LogP contribution in [0.4, 0.5) is 0 Å². The van der Waals surface area contributed by atoms with E-state index < -0.39 is 0 Å². The number of carbonyl (C=O) groups excluding carboxylic acids is 1. The number of morpholine rings is 1. The normalized spacial score (nSPS) is 31.5. The van der Waals surface area contributed by atoms with Crippen LogP contribution in [0.2, 0.25) is 0 Å². The molecule has 3 fully saturated rings. The number of ether oxygens (including phenoxy) is 2. The summed E-state index contributed by atoms with van der Waals surface area (Å²) < 4.78 is 11.3. The summed E-state index contributed by atoms with van der Waals surface area (Å²) in [6.45, 7) is 9.92. The van der Waals surface area contributed by atoms with Crippen molar-refractivity contribution in [2.75, 3.05) is 59.2 Å². The van der Waals surface area contributed by atoms with Crippen LogP contribution in [-0.2, 0) is 9.47 Å². The van der Waals surface area contributed by atoms with Crippen LogP contribution in [0.1, 0.15) is 14.5 Å². The first-order valence-corrected chi connectivity index (χ1v) is 9.21. The van der Waals surface area contributed by atoms with Crippen LogP contribution in [0.15, 0.2) is 12.1 Å². The molecule has 3 aliphatic heterocycles. The number of fused-ring (bicyclic) bond motifs is 1. The Morgan fingerprint density at radius 3 is 2.91 bits per heavy atom. The Morgan fingerprint density at radius 1 is 1.35 bits per heavy atom. The second-order valence-corrected chi connectivity index (χ2v) is 8.35. The zero-order chi connectivity index (χ0) is 15.9. The van der Waals surface area contributed by atoms with Gasteiger partial charge in [0, 0.05) is 48.9 Å². The molecule has 0 saturated carbocycles. The van der Waals surface area contributed by atoms with E-state index in [0.717, 1.165) is 64.0 Å². The molecule has 4 heterocycles. The molecule has 0 aromatic carbocycles. The third-order valence-electron chi connectivity index (χ3n) is 5.40. The summed E-state index contributed by atoms with van der Waals surface area (Å²) in [7, 11) is 0. The van der Waals surface area contributed by atoms with Crippen LogP contribution in [0, 0.1) is 18.3 Å². The summed E-state index contributed by atoms with van der Waals surface area (Å²) in [6.07, 6.45) is 0. The minimum absolute atomic E-state index is 0.110. The van der Waals surface area contributed by atoms with Gasteiger partial charge in [0.15, 0.2) is 0 Å². The Kier molecular flexibility index (Phi) is 4.17. The highest BCUT2D eigenvalue weighted by Crippen LogP contribution is 2.42. The largest absolute Gasteiger partial charge is 0.380 e. The molecule has 5 nitrogen and oxygen atoms in total. The van der Waals surface area contributed by atoms with E-state index in [1.54, 1.807) is 11.3 Å². The molecule has 0 unspecified atom stereocenters. The first-order chi connectivity index (χ1) is 11.2. The number of aryl methyl sites for hydroxylation is 1. The average Bonchev–Trinajstić information content (AvgIpc) is 3.21. The fourth-order valence-electron chi connectivity index (χ4n) is 4.12. The fraction of sp³-hybridized carbons (Fsp3) is 0.706. The third-order valence-corrected chi connectivity index (χ3v) is 6.39. The number of carbonyl (C=O) groups is 1. The molecular formula is C17H24N2O3S. The van der Waals surface area contributed by atoms with Gasteiger partial charge in [0.1, 0.15) is 0 Å². The molecule has 3 aliphatic rings. The van der Waals surface area contributed by atoms with Gasteiger partial charge in [-0.2, -0.15) is 0 Å². The van der Waals surface area contributed by atoms with Crippen molar-refractivity contribution in [3.05, 3.63) is 21.9 Å². The lowest BCUT2D eigenvalue weighted by Gasteiger charge is -2.36. The first kappa shape index (κ1) is 15.6. The van der Waals surface area contributed by atoms with E-state index in [4.69, 9.17) is 9.47 Å². The summed E-state index contributed by atoms with van der Waals surface area (Å²) in [6, 6.07) is 3.99. The molecule has 1 aromatic rings. The average molecular weight is 336 g/mol. The van der Waals surface area contributed by atoms with Crippen LogP contribution in [0.5, 0.6) is 0 Å². The Hall–Kier alpha value is -0.950. The van der Waals surface area contributed by atoms with Gasteiger partial charge < -0.3 is 14.4 Å². The second-order valence-electron chi connectivity index (χ2n) is 7.06. The minimum Gasteiger partial charge on any atom is -0.380 e. The van der Waals surface area contributed by atoms with Crippen LogP contribution >= 0.6 is 11.3 Å². The molecule has 2 atom stereocenters. The van der Waals surface area contributed by atoms with Crippen LogP contribution < -0.4 is 0 Å². The maximum atomic E-state index is 12.8. The van der Waals surface area contributed by atoms with Crippen LogP contribution in [-0.4, -0.2) is 74.9 Å². The fourth-order valence-corrected chi connectivity index (χ4v) is 4.96. The van der Waals surface area contributed by atoms with Crippen molar-refractivity contribution in [2.24, 2.45) is 11.3 Å². The molecule has 4 rings (SSSR count). The monoisotopic (exact) mass is 336 g/mol. The van der Waals surface area contributed by atoms with Crippen LogP contribution in [0.3, 0.4) is 0 Å². The van der Waals surface area contributed by atoms with Crippen molar-refractivity contribution in [3.63, 3.8) is 0 Å². The molecule has 0 radical (unpaired) electrons. The molecule has 6 heteroatoms. The molecule has 1 amide bonds. The lowest BCUT2D eigenvalue weighted by atomic mass is 9.80. The van der Waals surface area contributed by atoms with Crippen molar-refractivity contribution in [1.82, 2.24) is 9.80 Å². The van der Waals surface area contributed by atoms with Gasteiger partial charge in [-0.15, -0.1) is 11.3 Å². The Balaban J connectivity index is 1.48. The van der Waals surface area contributed by atoms with Gasteiger partial charge in [-0.3, -0.25) is 9.69 Å². The number of amides is 1. The molecular weight excluding hydrogens is 312 g/mol. The summed E-state index contributed by atoms with van der Waals surface area (Å²) >= 11 is 1.60. The number of nitrogens with zero attached hydrogens (tertiary/aromatic N) is 2. The highest BCUT2D eigenvalue weighted by molar-refractivity contribution is 7.13. The van der Waals surface area contributed by atoms with Gasteiger partial charge in [-0.05, 0) is 19.1 Å². The van der Waals surface area contributed by atoms with E-state index in [0.29, 0.717) is 5.92 Å². The molecule has 0 bridgehead atoms. The van der Waals surface area contributed by atoms with Crippen molar-refractivity contribution in [2.45, 2.75) is 6.92 Å². The van der Waals surface area contributed by atoms with Crippen LogP contribution in [0.25, 0.3) is 0 Å². The van der Waals surface area contributed by atoms with Crippen molar-refractivity contribution < 1.29 is 14.3 Å². The smallest absolute Gasteiger partial charge is 0.263 e. The molecule has 3 saturated heterocycles. The Morgan fingerprint density at radius 2 is 2.17 bits per heavy atom. The van der Waals surface area contributed by atoms with Gasteiger partial charge in [-0.1, -0.05) is 0 Å². The van der Waals surface area contributed by atoms with E-state index >= 15 is 0 Å². The van der Waals surface area contributed by atoms with Gasteiger partial charge in [0.05, 0.1) is 31.3 Å². The summed E-state index contributed by atoms with van der Waals surface area (Å²) in [5, 5.41) is 0. The summed E-state index contributed by atoms with van der Waals surface area (Å²) in [4.78, 5) is 19.4. The molecule has 23 heavy (non-hydrogen) atoms. The van der Waals surface area contributed by atoms with Crippen molar-refractivity contribution >= 4 is 17.2 Å². The van der Waals surface area contributed by atoms with Gasteiger partial charge in [0.25, 0.3) is 5.91 Å². The summed E-state index contributed by atoms with van der Waals surface area (Å²) in [5.74, 6) is 0.661. The maximum Gasteiger partial charge on any atom is 0.263 e. The maximum absolute atomic E-state index is 12.8. The highest BCUT2D eigenvalue weighted by Gasteiger charge is 2.52. The predicted octanol–water partition coefficient (Wildman–Crippen LogP) is 1.48. The molecule has 1 aromatic heterocycles. The Labute approximate surface area is 141 Å². The zero-order valence-electron chi connectivity index (χ0n) is 13.6. The molecule has 0 N–H and O–H groups in total. The molecule has 0 spiro atoms. The zero-order valence-corrected chi connectivity index (χ0v) is 14.4. The second kappa shape index (κ2) is 6.16. The van der Waals surface area contributed by atoms with Crippen molar-refractivity contribution in [1.29, 1.82) is 0 Å². The quantitative estimate of drug-likeness (QED) is 0.838. The lowest BCUT2D eigenvalue weighted by molar-refractivity contribution is 0.0104. The Bertz CT molecular complexity index is 584. The highest BCUT2D eigenvalue weighted by atomic mass is 32.1. The number of likely N-dealkylation sites (tertiary alicyclic amines) is 1. The minimum atomic E-state index is 0.110. The number of hydrogen-bond acceptors (Lipinski definition) is 5.